The third-order valence-corrected chi connectivity index (χ3v) is 5.07. The highest BCUT2D eigenvalue weighted by Crippen LogP contribution is 2.32. The van der Waals surface area contributed by atoms with Crippen LogP contribution in [0.1, 0.15) is 28.1 Å². The van der Waals surface area contributed by atoms with Crippen LogP contribution in [0, 0.1) is 20.8 Å². The highest BCUT2D eigenvalue weighted by Gasteiger charge is 2.18. The van der Waals surface area contributed by atoms with Gasteiger partial charge in [-0.25, -0.2) is 9.97 Å². The van der Waals surface area contributed by atoms with Gasteiger partial charge in [-0.2, -0.15) is 5.10 Å². The number of likely N-dealkylation sites (N-methyl/N-ethyl adjacent to an activating group) is 1. The van der Waals surface area contributed by atoms with Crippen LogP contribution in [-0.2, 0) is 13.0 Å². The van der Waals surface area contributed by atoms with Crippen LogP contribution < -0.4 is 10.5 Å². The smallest absolute Gasteiger partial charge is 0.263 e. The molecule has 0 radical (unpaired) electrons. The van der Waals surface area contributed by atoms with Crippen LogP contribution in [0.15, 0.2) is 18.3 Å². The SMILES string of the molecule is Cc1cc(-c2cnc(N)c(Oc3c(C)n[nH]c3C)n2)cc2c1CCN(C)C2. The molecule has 0 amide bonds. The Bertz CT molecular complexity index is 990. The van der Waals surface area contributed by atoms with E-state index in [1.54, 1.807) is 6.20 Å². The van der Waals surface area contributed by atoms with E-state index in [0.717, 1.165) is 42.2 Å². The van der Waals surface area contributed by atoms with Gasteiger partial charge in [0, 0.05) is 18.7 Å². The van der Waals surface area contributed by atoms with Crippen molar-refractivity contribution in [3.63, 3.8) is 0 Å². The summed E-state index contributed by atoms with van der Waals surface area (Å²) in [5, 5.41) is 7.05. The summed E-state index contributed by atoms with van der Waals surface area (Å²) < 4.78 is 5.93. The third-order valence-electron chi connectivity index (χ3n) is 5.07. The Hall–Kier alpha value is -2.93. The minimum Gasteiger partial charge on any atom is -0.432 e. The van der Waals surface area contributed by atoms with Crippen LogP contribution in [0.25, 0.3) is 11.3 Å². The molecular formula is C20H24N6O. The molecule has 7 heteroatoms. The van der Waals surface area contributed by atoms with E-state index in [1.807, 2.05) is 13.8 Å². The number of nitrogens with zero attached hydrogens (tertiary/aromatic N) is 4. The molecule has 140 valence electrons. The molecule has 3 aromatic rings. The van der Waals surface area contributed by atoms with E-state index in [1.165, 1.54) is 16.7 Å². The van der Waals surface area contributed by atoms with E-state index in [-0.39, 0.29) is 5.82 Å². The van der Waals surface area contributed by atoms with Crippen molar-refractivity contribution < 1.29 is 4.74 Å². The number of nitrogen functional groups attached to an aromatic ring is 1. The van der Waals surface area contributed by atoms with E-state index in [9.17, 15) is 0 Å². The third kappa shape index (κ3) is 3.26. The largest absolute Gasteiger partial charge is 0.432 e. The maximum absolute atomic E-state index is 6.01. The lowest BCUT2D eigenvalue weighted by Crippen LogP contribution is -2.27. The maximum atomic E-state index is 6.01. The Morgan fingerprint density at radius 2 is 2.04 bits per heavy atom. The highest BCUT2D eigenvalue weighted by atomic mass is 16.5. The molecule has 1 aromatic carbocycles. The van der Waals surface area contributed by atoms with Crippen molar-refractivity contribution in [2.75, 3.05) is 19.3 Å². The summed E-state index contributed by atoms with van der Waals surface area (Å²) in [5.41, 5.74) is 13.4. The summed E-state index contributed by atoms with van der Waals surface area (Å²) in [6, 6.07) is 4.37. The van der Waals surface area contributed by atoms with Crippen LogP contribution in [0.2, 0.25) is 0 Å². The van der Waals surface area contributed by atoms with E-state index >= 15 is 0 Å². The van der Waals surface area contributed by atoms with Gasteiger partial charge in [-0.1, -0.05) is 0 Å². The zero-order chi connectivity index (χ0) is 19.1. The van der Waals surface area contributed by atoms with Crippen molar-refractivity contribution in [2.24, 2.45) is 0 Å². The van der Waals surface area contributed by atoms with E-state index in [4.69, 9.17) is 10.5 Å². The molecule has 0 aliphatic carbocycles. The lowest BCUT2D eigenvalue weighted by molar-refractivity contribution is 0.312. The van der Waals surface area contributed by atoms with Crippen LogP contribution in [-0.4, -0.2) is 38.7 Å². The first-order valence-electron chi connectivity index (χ1n) is 9.05. The molecule has 2 aromatic heterocycles. The van der Waals surface area contributed by atoms with E-state index in [2.05, 4.69) is 51.2 Å². The van der Waals surface area contributed by atoms with Gasteiger partial charge in [0.2, 0.25) is 0 Å². The van der Waals surface area contributed by atoms with Crippen molar-refractivity contribution in [2.45, 2.75) is 33.7 Å². The number of aromatic amines is 1. The quantitative estimate of drug-likeness (QED) is 0.741. The molecule has 7 nitrogen and oxygen atoms in total. The van der Waals surface area contributed by atoms with Gasteiger partial charge in [-0.3, -0.25) is 5.10 Å². The van der Waals surface area contributed by atoms with Crippen LogP contribution in [0.3, 0.4) is 0 Å². The molecule has 3 heterocycles. The van der Waals surface area contributed by atoms with Crippen molar-refractivity contribution in [3.05, 3.63) is 46.4 Å². The number of hydrogen-bond acceptors (Lipinski definition) is 6. The van der Waals surface area contributed by atoms with Crippen LogP contribution >= 0.6 is 0 Å². The molecule has 0 saturated heterocycles. The molecule has 3 N–H and O–H groups in total. The number of nitrogens with two attached hydrogens (primary N) is 1. The van der Waals surface area contributed by atoms with Gasteiger partial charge in [0.15, 0.2) is 11.6 Å². The first kappa shape index (κ1) is 17.5. The number of anilines is 1. The molecule has 0 saturated carbocycles. The topological polar surface area (TPSA) is 92.9 Å². The normalized spacial score (nSPS) is 14.2. The van der Waals surface area contributed by atoms with Gasteiger partial charge in [0.25, 0.3) is 5.88 Å². The molecule has 0 spiro atoms. The number of fused-ring (bicyclic) bond motifs is 1. The van der Waals surface area contributed by atoms with Gasteiger partial charge >= 0.3 is 0 Å². The average Bonchev–Trinajstić information content (AvgIpc) is 2.95. The van der Waals surface area contributed by atoms with Crippen molar-refractivity contribution in [1.82, 2.24) is 25.1 Å². The number of rotatable bonds is 3. The molecule has 0 bridgehead atoms. The highest BCUT2D eigenvalue weighted by molar-refractivity contribution is 5.64. The lowest BCUT2D eigenvalue weighted by atomic mass is 9.92. The number of benzene rings is 1. The molecule has 4 rings (SSSR count). The van der Waals surface area contributed by atoms with Gasteiger partial charge in [-0.05, 0) is 63.1 Å². The maximum Gasteiger partial charge on any atom is 0.263 e. The summed E-state index contributed by atoms with van der Waals surface area (Å²) in [7, 11) is 2.15. The fraction of sp³-hybridized carbons (Fsp3) is 0.350. The number of H-pyrrole nitrogens is 1. The monoisotopic (exact) mass is 364 g/mol. The fourth-order valence-electron chi connectivity index (χ4n) is 3.59. The second-order valence-electron chi connectivity index (χ2n) is 7.23. The fourth-order valence-corrected chi connectivity index (χ4v) is 3.59. The zero-order valence-electron chi connectivity index (χ0n) is 16.1. The van der Waals surface area contributed by atoms with Gasteiger partial charge < -0.3 is 15.4 Å². The summed E-state index contributed by atoms with van der Waals surface area (Å²) in [6.45, 7) is 7.97. The molecule has 0 unspecified atom stereocenters. The predicted octanol–water partition coefficient (Wildman–Crippen LogP) is 3.15. The predicted molar refractivity (Wildman–Crippen MR) is 105 cm³/mol. The minimum absolute atomic E-state index is 0.258. The van der Waals surface area contributed by atoms with Gasteiger partial charge in [0.1, 0.15) is 5.69 Å². The Morgan fingerprint density at radius 3 is 2.78 bits per heavy atom. The van der Waals surface area contributed by atoms with Crippen molar-refractivity contribution in [1.29, 1.82) is 0 Å². The standard InChI is InChI=1S/C20H24N6O/c1-11-7-14(8-15-10-26(4)6-5-16(11)15)17-9-22-19(21)20(23-17)27-18-12(2)24-25-13(18)3/h7-9H,5-6,10H2,1-4H3,(H2,21,22)(H,24,25). The van der Waals surface area contributed by atoms with Gasteiger partial charge in [0.05, 0.1) is 17.6 Å². The van der Waals surface area contributed by atoms with E-state index in [0.29, 0.717) is 11.6 Å². The zero-order valence-corrected chi connectivity index (χ0v) is 16.1. The van der Waals surface area contributed by atoms with Crippen LogP contribution in [0.5, 0.6) is 11.6 Å². The Balaban J connectivity index is 1.73. The molecule has 0 fully saturated rings. The van der Waals surface area contributed by atoms with Crippen molar-refractivity contribution in [3.8, 4) is 22.9 Å². The molecule has 1 aliphatic heterocycles. The number of aryl methyl sites for hydroxylation is 3. The Kier molecular flexibility index (Phi) is 4.31. The molecular weight excluding hydrogens is 340 g/mol. The van der Waals surface area contributed by atoms with Gasteiger partial charge in [-0.15, -0.1) is 0 Å². The summed E-state index contributed by atoms with van der Waals surface area (Å²) in [5.74, 6) is 1.19. The summed E-state index contributed by atoms with van der Waals surface area (Å²) in [6.07, 6.45) is 2.78. The summed E-state index contributed by atoms with van der Waals surface area (Å²) >= 11 is 0. The van der Waals surface area contributed by atoms with E-state index < -0.39 is 0 Å². The summed E-state index contributed by atoms with van der Waals surface area (Å²) in [4.78, 5) is 11.3. The second kappa shape index (κ2) is 6.66. The van der Waals surface area contributed by atoms with Crippen molar-refractivity contribution >= 4 is 5.82 Å². The second-order valence-corrected chi connectivity index (χ2v) is 7.23. The number of hydrogen-bond donors (Lipinski definition) is 2. The first-order chi connectivity index (χ1) is 12.9. The average molecular weight is 364 g/mol. The number of ether oxygens (including phenoxy) is 1. The molecule has 1 aliphatic rings. The first-order valence-corrected chi connectivity index (χ1v) is 9.05. The molecule has 27 heavy (non-hydrogen) atoms. The Labute approximate surface area is 158 Å². The van der Waals surface area contributed by atoms with Crippen LogP contribution in [0.4, 0.5) is 5.82 Å². The Morgan fingerprint density at radius 1 is 1.22 bits per heavy atom. The number of nitrogens with one attached hydrogen (secondary N) is 1. The molecule has 0 atom stereocenters. The number of aromatic nitrogens is 4. The minimum atomic E-state index is 0.258. The lowest BCUT2D eigenvalue weighted by Gasteiger charge is -2.27.